The van der Waals surface area contributed by atoms with Gasteiger partial charge in [0.25, 0.3) is 0 Å². The number of amides is 1. The smallest absolute Gasteiger partial charge is 0.223 e. The van der Waals surface area contributed by atoms with E-state index in [0.717, 1.165) is 45.4 Å². The first-order valence-electron chi connectivity index (χ1n) is 10.7. The van der Waals surface area contributed by atoms with Crippen LogP contribution in [0.1, 0.15) is 44.2 Å². The van der Waals surface area contributed by atoms with E-state index >= 15 is 0 Å². The van der Waals surface area contributed by atoms with Crippen molar-refractivity contribution in [2.24, 2.45) is 5.92 Å². The minimum absolute atomic E-state index is 0.317. The summed E-state index contributed by atoms with van der Waals surface area (Å²) in [6.45, 7) is 7.98. The molecule has 0 N–H and O–H groups in total. The second-order valence-electron chi connectivity index (χ2n) is 8.31. The summed E-state index contributed by atoms with van der Waals surface area (Å²) >= 11 is 0. The van der Waals surface area contributed by atoms with E-state index < -0.39 is 0 Å². The van der Waals surface area contributed by atoms with Crippen molar-refractivity contribution in [1.82, 2.24) is 9.80 Å². The van der Waals surface area contributed by atoms with E-state index in [2.05, 4.69) is 78.2 Å². The third-order valence-electron chi connectivity index (χ3n) is 5.91. The van der Waals surface area contributed by atoms with Gasteiger partial charge in [0.1, 0.15) is 0 Å². The topological polar surface area (TPSA) is 23.6 Å². The fourth-order valence-corrected chi connectivity index (χ4v) is 4.07. The predicted molar refractivity (Wildman–Crippen MR) is 116 cm³/mol. The van der Waals surface area contributed by atoms with Crippen LogP contribution in [0.3, 0.4) is 0 Å². The SMILES string of the molecule is CC(C)N(CCC(=O)N1CCC(Cc2ccccc2)CC1)Cc1ccccc1. The van der Waals surface area contributed by atoms with E-state index in [1.54, 1.807) is 0 Å². The molecule has 0 atom stereocenters. The van der Waals surface area contributed by atoms with Gasteiger partial charge in [0.05, 0.1) is 0 Å². The molecule has 3 heteroatoms. The fraction of sp³-hybridized carbons (Fsp3) is 0.480. The number of hydrogen-bond donors (Lipinski definition) is 0. The molecule has 1 saturated heterocycles. The molecule has 0 unspecified atom stereocenters. The quantitative estimate of drug-likeness (QED) is 0.661. The minimum atomic E-state index is 0.317. The lowest BCUT2D eigenvalue weighted by molar-refractivity contribution is -0.133. The number of carbonyl (C=O) groups is 1. The van der Waals surface area contributed by atoms with E-state index in [1.807, 2.05) is 6.07 Å². The summed E-state index contributed by atoms with van der Waals surface area (Å²) in [5.74, 6) is 1.02. The highest BCUT2D eigenvalue weighted by Crippen LogP contribution is 2.22. The monoisotopic (exact) mass is 378 g/mol. The van der Waals surface area contributed by atoms with Crippen LogP contribution in [0.25, 0.3) is 0 Å². The molecule has 1 aliphatic heterocycles. The van der Waals surface area contributed by atoms with Crippen LogP contribution in [-0.4, -0.2) is 41.4 Å². The highest BCUT2D eigenvalue weighted by atomic mass is 16.2. The first kappa shape index (κ1) is 20.6. The molecule has 0 radical (unpaired) electrons. The molecule has 1 fully saturated rings. The molecule has 0 saturated carbocycles. The van der Waals surface area contributed by atoms with E-state index in [4.69, 9.17) is 0 Å². The Morgan fingerprint density at radius 3 is 2.11 bits per heavy atom. The lowest BCUT2D eigenvalue weighted by Gasteiger charge is -2.33. The molecular weight excluding hydrogens is 344 g/mol. The largest absolute Gasteiger partial charge is 0.343 e. The molecule has 2 aromatic rings. The lowest BCUT2D eigenvalue weighted by Crippen LogP contribution is -2.41. The van der Waals surface area contributed by atoms with Crippen molar-refractivity contribution < 1.29 is 4.79 Å². The fourth-order valence-electron chi connectivity index (χ4n) is 4.07. The van der Waals surface area contributed by atoms with Gasteiger partial charge in [-0.3, -0.25) is 9.69 Å². The van der Waals surface area contributed by atoms with Gasteiger partial charge in [-0.15, -0.1) is 0 Å². The third-order valence-corrected chi connectivity index (χ3v) is 5.91. The molecule has 3 nitrogen and oxygen atoms in total. The summed E-state index contributed by atoms with van der Waals surface area (Å²) in [7, 11) is 0. The number of rotatable bonds is 8. The van der Waals surface area contributed by atoms with Gasteiger partial charge in [-0.25, -0.2) is 0 Å². The first-order chi connectivity index (χ1) is 13.6. The molecule has 0 spiro atoms. The van der Waals surface area contributed by atoms with Gasteiger partial charge in [-0.2, -0.15) is 0 Å². The Bertz CT molecular complexity index is 706. The maximum atomic E-state index is 12.7. The average molecular weight is 379 g/mol. The van der Waals surface area contributed by atoms with E-state index in [9.17, 15) is 4.79 Å². The molecular formula is C25H34N2O. The summed E-state index contributed by atoms with van der Waals surface area (Å²) in [5.41, 5.74) is 2.73. The molecule has 0 aromatic heterocycles. The van der Waals surface area contributed by atoms with Crippen molar-refractivity contribution in [2.75, 3.05) is 19.6 Å². The normalized spacial score (nSPS) is 15.4. The van der Waals surface area contributed by atoms with E-state index in [1.165, 1.54) is 11.1 Å². The van der Waals surface area contributed by atoms with Gasteiger partial charge in [0.15, 0.2) is 0 Å². The van der Waals surface area contributed by atoms with Crippen molar-refractivity contribution in [3.8, 4) is 0 Å². The number of likely N-dealkylation sites (tertiary alicyclic amines) is 1. The molecule has 2 aromatic carbocycles. The summed E-state index contributed by atoms with van der Waals surface area (Å²) < 4.78 is 0. The molecule has 0 aliphatic carbocycles. The van der Waals surface area contributed by atoms with Crippen molar-refractivity contribution in [2.45, 2.75) is 52.1 Å². The summed E-state index contributed by atoms with van der Waals surface area (Å²) in [6.07, 6.45) is 4.01. The van der Waals surface area contributed by atoms with Gasteiger partial charge in [-0.05, 0) is 50.2 Å². The van der Waals surface area contributed by atoms with Gasteiger partial charge >= 0.3 is 0 Å². The Hall–Kier alpha value is -2.13. The third kappa shape index (κ3) is 6.20. The zero-order valence-corrected chi connectivity index (χ0v) is 17.4. The van der Waals surface area contributed by atoms with Crippen molar-refractivity contribution in [1.29, 1.82) is 0 Å². The van der Waals surface area contributed by atoms with Crippen LogP contribution in [0.2, 0.25) is 0 Å². The highest BCUT2D eigenvalue weighted by molar-refractivity contribution is 5.76. The van der Waals surface area contributed by atoms with E-state index in [-0.39, 0.29) is 0 Å². The Balaban J connectivity index is 1.43. The van der Waals surface area contributed by atoms with E-state index in [0.29, 0.717) is 24.3 Å². The first-order valence-corrected chi connectivity index (χ1v) is 10.7. The second-order valence-corrected chi connectivity index (χ2v) is 8.31. The maximum Gasteiger partial charge on any atom is 0.223 e. The Kier molecular flexibility index (Phi) is 7.67. The van der Waals surface area contributed by atoms with Crippen molar-refractivity contribution in [3.63, 3.8) is 0 Å². The van der Waals surface area contributed by atoms with Gasteiger partial charge in [0, 0.05) is 38.6 Å². The molecule has 150 valence electrons. The number of hydrogen-bond acceptors (Lipinski definition) is 2. The van der Waals surface area contributed by atoms with Crippen LogP contribution >= 0.6 is 0 Å². The summed E-state index contributed by atoms with van der Waals surface area (Å²) in [4.78, 5) is 17.2. The molecule has 1 amide bonds. The highest BCUT2D eigenvalue weighted by Gasteiger charge is 2.23. The van der Waals surface area contributed by atoms with Crippen LogP contribution in [0.5, 0.6) is 0 Å². The average Bonchev–Trinajstić information content (AvgIpc) is 2.73. The number of piperidine rings is 1. The van der Waals surface area contributed by atoms with Crippen LogP contribution in [0.15, 0.2) is 60.7 Å². The number of benzene rings is 2. The molecule has 1 aliphatic rings. The molecule has 0 bridgehead atoms. The Morgan fingerprint density at radius 1 is 0.964 bits per heavy atom. The zero-order valence-electron chi connectivity index (χ0n) is 17.4. The van der Waals surface area contributed by atoms with Crippen LogP contribution in [-0.2, 0) is 17.8 Å². The summed E-state index contributed by atoms with van der Waals surface area (Å²) in [5, 5.41) is 0. The second kappa shape index (κ2) is 10.4. The zero-order chi connectivity index (χ0) is 19.8. The van der Waals surface area contributed by atoms with Gasteiger partial charge < -0.3 is 4.90 Å². The molecule has 1 heterocycles. The molecule has 3 rings (SSSR count). The number of carbonyl (C=O) groups excluding carboxylic acids is 1. The Labute approximate surface area is 170 Å². The van der Waals surface area contributed by atoms with Crippen LogP contribution in [0.4, 0.5) is 0 Å². The van der Waals surface area contributed by atoms with Gasteiger partial charge in [-0.1, -0.05) is 60.7 Å². The van der Waals surface area contributed by atoms with Crippen LogP contribution < -0.4 is 0 Å². The van der Waals surface area contributed by atoms with Crippen molar-refractivity contribution in [3.05, 3.63) is 71.8 Å². The lowest BCUT2D eigenvalue weighted by atomic mass is 9.90. The van der Waals surface area contributed by atoms with Gasteiger partial charge in [0.2, 0.25) is 5.91 Å². The standard InChI is InChI=1S/C25H34N2O/c1-21(2)27(20-24-11-7-4-8-12-24)18-15-25(28)26-16-13-23(14-17-26)19-22-9-5-3-6-10-22/h3-12,21,23H,13-20H2,1-2H3. The minimum Gasteiger partial charge on any atom is -0.343 e. The predicted octanol–water partition coefficient (Wildman–Crippen LogP) is 4.77. The number of nitrogens with zero attached hydrogens (tertiary/aromatic N) is 2. The molecule has 28 heavy (non-hydrogen) atoms. The van der Waals surface area contributed by atoms with Crippen LogP contribution in [0, 0.1) is 5.92 Å². The maximum absolute atomic E-state index is 12.7. The summed E-state index contributed by atoms with van der Waals surface area (Å²) in [6, 6.07) is 21.7. The Morgan fingerprint density at radius 2 is 1.54 bits per heavy atom. The van der Waals surface area contributed by atoms with Crippen molar-refractivity contribution >= 4 is 5.91 Å².